The van der Waals surface area contributed by atoms with Crippen LogP contribution in [0.5, 0.6) is 0 Å². The Labute approximate surface area is 331 Å². The third kappa shape index (κ3) is 17.6. The summed E-state index contributed by atoms with van der Waals surface area (Å²) in [5.74, 6) is -1.58. The number of aryl methyl sites for hydroxylation is 1. The molecule has 1 aliphatic heterocycles. The summed E-state index contributed by atoms with van der Waals surface area (Å²) < 4.78 is 55.1. The first-order valence-electron chi connectivity index (χ1n) is 18.3. The number of rotatable bonds is 22. The molecule has 1 fully saturated rings. The van der Waals surface area contributed by atoms with E-state index in [4.69, 9.17) is 41.9 Å². The lowest BCUT2D eigenvalue weighted by atomic mass is 10.0. The van der Waals surface area contributed by atoms with Crippen LogP contribution in [0.3, 0.4) is 0 Å². The molecule has 18 heteroatoms. The molecule has 1 aliphatic rings. The molecule has 2 aromatic rings. The highest BCUT2D eigenvalue weighted by atomic mass is 32.9. The molecular formula is C35H59O10PS2Si5. The molecule has 2 aromatic carbocycles. The monoisotopic (exact) mass is 874 g/mol. The second-order valence-corrected chi connectivity index (χ2v) is 38.8. The third-order valence-corrected chi connectivity index (χ3v) is 29.3. The highest BCUT2D eigenvalue weighted by Gasteiger charge is 2.49. The molecule has 1 saturated heterocycles. The van der Waals surface area contributed by atoms with Crippen molar-refractivity contribution in [2.24, 2.45) is 11.8 Å². The van der Waals surface area contributed by atoms with Gasteiger partial charge >= 0.3 is 29.1 Å². The maximum Gasteiger partial charge on any atom is 0.318 e. The van der Waals surface area contributed by atoms with E-state index < -0.39 is 67.7 Å². The van der Waals surface area contributed by atoms with Crippen LogP contribution < -0.4 is 0 Å². The number of hydrogen-bond donors (Lipinski definition) is 0. The Morgan fingerprint density at radius 1 is 0.811 bits per heavy atom. The van der Waals surface area contributed by atoms with Gasteiger partial charge in [0.05, 0.1) is 18.4 Å². The van der Waals surface area contributed by atoms with Gasteiger partial charge in [0, 0.05) is 24.7 Å². The first-order valence-corrected chi connectivity index (χ1v) is 36.0. The molecule has 0 amide bonds. The van der Waals surface area contributed by atoms with E-state index in [0.717, 1.165) is 38.2 Å². The molecule has 0 bridgehead atoms. The maximum absolute atomic E-state index is 13.4. The van der Waals surface area contributed by atoms with E-state index in [9.17, 15) is 14.2 Å². The van der Waals surface area contributed by atoms with Gasteiger partial charge in [0.15, 0.2) is 23.2 Å². The Morgan fingerprint density at radius 2 is 1.32 bits per heavy atom. The quantitative estimate of drug-likeness (QED) is 0.0494. The summed E-state index contributed by atoms with van der Waals surface area (Å²) in [5, 5.41) is 0. The average molecular weight is 875 g/mol. The number of ether oxygens (including phenoxy) is 3. The van der Waals surface area contributed by atoms with Crippen LogP contribution in [0.25, 0.3) is 11.1 Å². The van der Waals surface area contributed by atoms with Crippen molar-refractivity contribution in [1.29, 1.82) is 0 Å². The molecule has 53 heavy (non-hydrogen) atoms. The summed E-state index contributed by atoms with van der Waals surface area (Å²) in [7, 11) is -11.4. The normalized spacial score (nSPS) is 18.8. The lowest BCUT2D eigenvalue weighted by Gasteiger charge is -2.43. The van der Waals surface area contributed by atoms with Crippen molar-refractivity contribution < 1.29 is 44.8 Å². The molecule has 0 aromatic heterocycles. The van der Waals surface area contributed by atoms with Crippen molar-refractivity contribution in [3.05, 3.63) is 59.7 Å². The predicted molar refractivity (Wildman–Crippen MR) is 229 cm³/mol. The van der Waals surface area contributed by atoms with Crippen LogP contribution in [0.4, 0.5) is 0 Å². The standard InChI is InChI=1S/C35H59O10PS2Si5/c1-27(34(36)39-22-20-29-12-16-31(17-13-29)32-18-14-30(15-19-32)21-23-46(38)48-47)25-52(10,43-49(3)42-50(4,5)6)45-53(11,44-51(7,8)9)26-28(2)35(37)41-33-24-40-33/h12-19,27-28,33,49H,20-26H2,1-11H3. The predicted octanol–water partition coefficient (Wildman–Crippen LogP) is 8.17. The first kappa shape index (κ1) is 46.2. The number of epoxide rings is 1. The van der Waals surface area contributed by atoms with Crippen molar-refractivity contribution in [2.45, 2.75) is 104 Å². The van der Waals surface area contributed by atoms with E-state index in [-0.39, 0.29) is 18.5 Å². The second kappa shape index (κ2) is 20.3. The van der Waals surface area contributed by atoms with Crippen LogP contribution >= 0.6 is 6.58 Å². The number of carbonyl (C=O) groups is 2. The van der Waals surface area contributed by atoms with Gasteiger partial charge in [-0.2, -0.15) is 0 Å². The molecule has 296 valence electrons. The molecule has 0 aliphatic carbocycles. The fourth-order valence-corrected chi connectivity index (χ4v) is 29.3. The smallest absolute Gasteiger partial charge is 0.318 e. The number of hydrogen-bond acceptors (Lipinski definition) is 11. The Kier molecular flexibility index (Phi) is 17.7. The highest BCUT2D eigenvalue weighted by Crippen LogP contribution is 2.33. The molecular weight excluding hydrogens is 816 g/mol. The van der Waals surface area contributed by atoms with Crippen molar-refractivity contribution in [3.8, 4) is 11.1 Å². The Hall–Kier alpha value is -1.20. The Bertz CT molecular complexity index is 1630. The summed E-state index contributed by atoms with van der Waals surface area (Å²) in [6.07, 6.45) is 1.45. The van der Waals surface area contributed by atoms with Crippen LogP contribution in [-0.2, 0) is 78.4 Å². The van der Waals surface area contributed by atoms with Crippen LogP contribution in [-0.4, -0.2) is 80.6 Å². The van der Waals surface area contributed by atoms with Crippen molar-refractivity contribution in [1.82, 2.24) is 0 Å². The van der Waals surface area contributed by atoms with E-state index >= 15 is 0 Å². The first-order chi connectivity index (χ1) is 24.6. The molecule has 1 heterocycles. The summed E-state index contributed by atoms with van der Waals surface area (Å²) in [6, 6.07) is 17.3. The second-order valence-electron chi connectivity index (χ2n) is 16.1. The lowest BCUT2D eigenvalue weighted by Crippen LogP contribution is -2.59. The number of carbonyl (C=O) groups excluding carboxylic acids is 2. The molecule has 3 rings (SSSR count). The average Bonchev–Trinajstić information content (AvgIpc) is 3.85. The zero-order valence-corrected chi connectivity index (χ0v) is 40.9. The van der Waals surface area contributed by atoms with Crippen LogP contribution in [0.15, 0.2) is 48.5 Å². The third-order valence-electron chi connectivity index (χ3n) is 8.14. The summed E-state index contributed by atoms with van der Waals surface area (Å²) >= 11 is 4.82. The molecule has 0 spiro atoms. The highest BCUT2D eigenvalue weighted by molar-refractivity contribution is 8.32. The van der Waals surface area contributed by atoms with Crippen LogP contribution in [0.1, 0.15) is 25.0 Å². The zero-order chi connectivity index (χ0) is 39.6. The van der Waals surface area contributed by atoms with Crippen molar-refractivity contribution >= 4 is 82.2 Å². The maximum atomic E-state index is 13.4. The number of esters is 2. The summed E-state index contributed by atoms with van der Waals surface area (Å²) in [6.45, 7) is 21.7. The van der Waals surface area contributed by atoms with Crippen LogP contribution in [0.2, 0.25) is 71.0 Å². The summed E-state index contributed by atoms with van der Waals surface area (Å²) in [4.78, 5) is 26.3. The Morgan fingerprint density at radius 3 is 1.81 bits per heavy atom. The van der Waals surface area contributed by atoms with Gasteiger partial charge in [-0.1, -0.05) is 62.4 Å². The van der Waals surface area contributed by atoms with Gasteiger partial charge in [-0.05, 0) is 108 Å². The minimum atomic E-state index is -3.13. The molecule has 10 nitrogen and oxygen atoms in total. The van der Waals surface area contributed by atoms with Gasteiger partial charge in [-0.25, -0.2) is 0 Å². The topological polar surface area (TPSA) is 119 Å². The van der Waals surface area contributed by atoms with Crippen molar-refractivity contribution in [3.63, 3.8) is 0 Å². The van der Waals surface area contributed by atoms with E-state index in [0.29, 0.717) is 31.3 Å². The zero-order valence-electron chi connectivity index (χ0n) is 33.2. The van der Waals surface area contributed by atoms with Gasteiger partial charge in [-0.3, -0.25) is 14.2 Å². The van der Waals surface area contributed by atoms with E-state index in [1.165, 1.54) is 0 Å². The fraction of sp³-hybridized carbons (Fsp3) is 0.600. The van der Waals surface area contributed by atoms with Gasteiger partial charge < -0.3 is 30.7 Å². The molecule has 0 N–H and O–H groups in total. The van der Waals surface area contributed by atoms with Crippen LogP contribution in [0, 0.1) is 11.8 Å². The van der Waals surface area contributed by atoms with Gasteiger partial charge in [-0.15, -0.1) is 0 Å². The minimum Gasteiger partial charge on any atom is -0.465 e. The molecule has 0 radical (unpaired) electrons. The largest absolute Gasteiger partial charge is 0.465 e. The van der Waals surface area contributed by atoms with E-state index in [2.05, 4.69) is 87.8 Å². The Balaban J connectivity index is 1.66. The summed E-state index contributed by atoms with van der Waals surface area (Å²) in [5.41, 5.74) is 4.40. The van der Waals surface area contributed by atoms with Gasteiger partial charge in [0.1, 0.15) is 6.61 Å². The SMILES string of the molecule is CC(C[Si](C)(O[SiH](C)O[Si](C)(C)C)O[Si](C)(CC(C)C(=O)OC1CO1)O[Si](C)(C)C)C(=O)OCCc1ccc(-c2ccc(CCP(=O)=S=S)cc2)cc1. The van der Waals surface area contributed by atoms with E-state index in [1.54, 1.807) is 0 Å². The molecule has 7 atom stereocenters. The van der Waals surface area contributed by atoms with Gasteiger partial charge in [0.2, 0.25) is 6.29 Å². The fourth-order valence-electron chi connectivity index (χ4n) is 6.22. The van der Waals surface area contributed by atoms with Gasteiger partial charge in [0.25, 0.3) is 9.28 Å². The molecule has 0 saturated carbocycles. The lowest BCUT2D eigenvalue weighted by molar-refractivity contribution is -0.152. The van der Waals surface area contributed by atoms with E-state index in [1.807, 2.05) is 33.5 Å². The molecule has 7 unspecified atom stereocenters. The number of benzene rings is 2. The minimum absolute atomic E-state index is 0.251. The van der Waals surface area contributed by atoms with Crippen molar-refractivity contribution in [2.75, 3.05) is 19.4 Å².